The highest BCUT2D eigenvalue weighted by molar-refractivity contribution is 5.81. The van der Waals surface area contributed by atoms with Crippen LogP contribution in [0.4, 0.5) is 0 Å². The number of nitrogens with one attached hydrogen (secondary N) is 1. The van der Waals surface area contributed by atoms with E-state index in [9.17, 15) is 24.9 Å². The molecule has 0 aliphatic heterocycles. The summed E-state index contributed by atoms with van der Waals surface area (Å²) in [5, 5.41) is 44.0. The SMILES string of the molecule is C[C@H](CCC(=O)NCC(=O)O)[C@H]1CC[C@H]2[C@@H]3[C@H](O)[C@H](O)[C@@H]4C[C@H](O)CC[C@]4(C)[C@H]3CC[C@]12C. The minimum absolute atomic E-state index is 0.0319. The first kappa shape index (κ1) is 24.9. The molecule has 0 spiro atoms. The molecule has 4 aliphatic rings. The number of aliphatic carboxylic acids is 1. The van der Waals surface area contributed by atoms with Gasteiger partial charge in [0.2, 0.25) is 5.91 Å². The summed E-state index contributed by atoms with van der Waals surface area (Å²) >= 11 is 0. The minimum Gasteiger partial charge on any atom is -0.480 e. The van der Waals surface area contributed by atoms with Crippen molar-refractivity contribution in [2.75, 3.05) is 6.54 Å². The van der Waals surface area contributed by atoms with Crippen LogP contribution in [0.3, 0.4) is 0 Å². The van der Waals surface area contributed by atoms with E-state index in [1.165, 1.54) is 0 Å². The van der Waals surface area contributed by atoms with Crippen molar-refractivity contribution in [3.05, 3.63) is 0 Å². The van der Waals surface area contributed by atoms with Gasteiger partial charge in [0.05, 0.1) is 18.3 Å². The predicted octanol–water partition coefficient (Wildman–Crippen LogP) is 2.56. The lowest BCUT2D eigenvalue weighted by molar-refractivity contribution is -0.223. The van der Waals surface area contributed by atoms with E-state index in [-0.39, 0.29) is 41.2 Å². The van der Waals surface area contributed by atoms with Crippen molar-refractivity contribution in [1.82, 2.24) is 5.32 Å². The molecule has 188 valence electrons. The smallest absolute Gasteiger partial charge is 0.322 e. The number of hydrogen-bond acceptors (Lipinski definition) is 5. The van der Waals surface area contributed by atoms with Gasteiger partial charge in [0.25, 0.3) is 0 Å². The fourth-order valence-corrected chi connectivity index (χ4v) is 9.04. The molecule has 4 rings (SSSR count). The zero-order valence-electron chi connectivity index (χ0n) is 20.4. The Balaban J connectivity index is 1.47. The van der Waals surface area contributed by atoms with Crippen LogP contribution in [0.2, 0.25) is 0 Å². The minimum atomic E-state index is -1.03. The van der Waals surface area contributed by atoms with Gasteiger partial charge in [-0.3, -0.25) is 9.59 Å². The summed E-state index contributed by atoms with van der Waals surface area (Å²) < 4.78 is 0. The second-order valence-corrected chi connectivity index (χ2v) is 12.2. The summed E-state index contributed by atoms with van der Waals surface area (Å²) in [5.41, 5.74) is 0.0476. The highest BCUT2D eigenvalue weighted by Crippen LogP contribution is 2.68. The van der Waals surface area contributed by atoms with Crippen molar-refractivity contribution in [3.8, 4) is 0 Å². The number of carbonyl (C=O) groups excluding carboxylic acids is 1. The molecule has 4 saturated carbocycles. The first-order valence-electron chi connectivity index (χ1n) is 13.0. The summed E-state index contributed by atoms with van der Waals surface area (Å²) in [7, 11) is 0. The van der Waals surface area contributed by atoms with Crippen molar-refractivity contribution in [2.24, 2.45) is 46.3 Å². The van der Waals surface area contributed by atoms with Gasteiger partial charge in [-0.05, 0) is 97.7 Å². The van der Waals surface area contributed by atoms with Crippen molar-refractivity contribution in [2.45, 2.75) is 96.9 Å². The lowest BCUT2D eigenvalue weighted by Gasteiger charge is -2.63. The third-order valence-electron chi connectivity index (χ3n) is 10.7. The molecule has 0 heterocycles. The number of carboxylic acids is 1. The fourth-order valence-electron chi connectivity index (χ4n) is 9.04. The average molecular weight is 466 g/mol. The van der Waals surface area contributed by atoms with Gasteiger partial charge in [0, 0.05) is 6.42 Å². The number of aliphatic hydroxyl groups is 3. The maximum Gasteiger partial charge on any atom is 0.322 e. The van der Waals surface area contributed by atoms with Crippen LogP contribution in [0, 0.1) is 46.3 Å². The molecule has 0 aromatic heterocycles. The number of carbonyl (C=O) groups is 2. The summed E-state index contributed by atoms with van der Waals surface area (Å²) in [6, 6.07) is 0. The second-order valence-electron chi connectivity index (χ2n) is 12.2. The van der Waals surface area contributed by atoms with Gasteiger partial charge in [-0.2, -0.15) is 0 Å². The number of aliphatic hydroxyl groups excluding tert-OH is 3. The van der Waals surface area contributed by atoms with E-state index in [1.807, 2.05) is 0 Å². The maximum absolute atomic E-state index is 12.0. The normalized spacial score (nSPS) is 47.7. The van der Waals surface area contributed by atoms with Crippen LogP contribution >= 0.6 is 0 Å². The fraction of sp³-hybridized carbons (Fsp3) is 0.923. The van der Waals surface area contributed by atoms with Gasteiger partial charge < -0.3 is 25.7 Å². The zero-order valence-corrected chi connectivity index (χ0v) is 20.4. The molecule has 0 aromatic rings. The topological polar surface area (TPSA) is 127 Å². The molecule has 4 aliphatic carbocycles. The summed E-state index contributed by atoms with van der Waals surface area (Å²) in [4.78, 5) is 22.7. The van der Waals surface area contributed by atoms with Gasteiger partial charge in [-0.25, -0.2) is 0 Å². The Bertz CT molecular complexity index is 759. The molecule has 5 N–H and O–H groups in total. The molecule has 1 amide bonds. The van der Waals surface area contributed by atoms with Crippen molar-refractivity contribution < 1.29 is 30.0 Å². The number of amides is 1. The van der Waals surface area contributed by atoms with E-state index in [4.69, 9.17) is 5.11 Å². The van der Waals surface area contributed by atoms with E-state index in [1.54, 1.807) is 0 Å². The van der Waals surface area contributed by atoms with Crippen molar-refractivity contribution in [3.63, 3.8) is 0 Å². The lowest BCUT2D eigenvalue weighted by atomic mass is 9.43. The summed E-state index contributed by atoms with van der Waals surface area (Å²) in [6.45, 7) is 6.53. The third-order valence-corrected chi connectivity index (χ3v) is 10.7. The Labute approximate surface area is 197 Å². The quantitative estimate of drug-likeness (QED) is 0.410. The summed E-state index contributed by atoms with van der Waals surface area (Å²) in [5.74, 6) is 0.340. The van der Waals surface area contributed by atoms with Gasteiger partial charge in [0.15, 0.2) is 0 Å². The molecular formula is C26H43NO6. The Kier molecular flexibility index (Phi) is 6.89. The molecule has 7 heteroatoms. The molecule has 7 nitrogen and oxygen atoms in total. The average Bonchev–Trinajstić information content (AvgIpc) is 3.12. The van der Waals surface area contributed by atoms with E-state index < -0.39 is 18.2 Å². The van der Waals surface area contributed by atoms with E-state index >= 15 is 0 Å². The van der Waals surface area contributed by atoms with E-state index in [0.717, 1.165) is 44.9 Å². The second kappa shape index (κ2) is 9.12. The molecular weight excluding hydrogens is 422 g/mol. The zero-order chi connectivity index (χ0) is 24.1. The van der Waals surface area contributed by atoms with Crippen molar-refractivity contribution in [1.29, 1.82) is 0 Å². The first-order chi connectivity index (χ1) is 15.5. The van der Waals surface area contributed by atoms with Gasteiger partial charge in [-0.1, -0.05) is 20.8 Å². The molecule has 11 atom stereocenters. The van der Waals surface area contributed by atoms with Crippen LogP contribution in [0.25, 0.3) is 0 Å². The lowest BCUT2D eigenvalue weighted by Crippen LogP contribution is -2.64. The van der Waals surface area contributed by atoms with Gasteiger partial charge >= 0.3 is 5.97 Å². The largest absolute Gasteiger partial charge is 0.480 e. The number of rotatable bonds is 6. The Hall–Kier alpha value is -1.18. The van der Waals surface area contributed by atoms with Gasteiger partial charge in [-0.15, -0.1) is 0 Å². The van der Waals surface area contributed by atoms with Crippen molar-refractivity contribution >= 4 is 11.9 Å². The van der Waals surface area contributed by atoms with Crippen LogP contribution in [-0.2, 0) is 9.59 Å². The van der Waals surface area contributed by atoms with Crippen LogP contribution in [0.1, 0.15) is 78.6 Å². The number of fused-ring (bicyclic) bond motifs is 5. The third kappa shape index (κ3) is 4.23. The predicted molar refractivity (Wildman–Crippen MR) is 123 cm³/mol. The van der Waals surface area contributed by atoms with Crippen LogP contribution in [0.5, 0.6) is 0 Å². The monoisotopic (exact) mass is 465 g/mol. The molecule has 0 aromatic carbocycles. The Morgan fingerprint density at radius 1 is 0.939 bits per heavy atom. The van der Waals surface area contributed by atoms with E-state index in [2.05, 4.69) is 26.1 Å². The first-order valence-corrected chi connectivity index (χ1v) is 13.0. The highest BCUT2D eigenvalue weighted by Gasteiger charge is 2.65. The molecule has 33 heavy (non-hydrogen) atoms. The molecule has 0 radical (unpaired) electrons. The van der Waals surface area contributed by atoms with Gasteiger partial charge in [0.1, 0.15) is 6.54 Å². The van der Waals surface area contributed by atoms with Crippen LogP contribution in [-0.4, -0.2) is 57.2 Å². The maximum atomic E-state index is 12.0. The highest BCUT2D eigenvalue weighted by atomic mass is 16.4. The number of carboxylic acid groups (broad SMARTS) is 1. The number of hydrogen-bond donors (Lipinski definition) is 5. The summed E-state index contributed by atoms with van der Waals surface area (Å²) in [6.07, 6.45) is 5.74. The molecule has 0 bridgehead atoms. The Morgan fingerprint density at radius 3 is 2.30 bits per heavy atom. The molecule has 0 saturated heterocycles. The van der Waals surface area contributed by atoms with Crippen LogP contribution in [0.15, 0.2) is 0 Å². The van der Waals surface area contributed by atoms with Crippen LogP contribution < -0.4 is 5.32 Å². The van der Waals surface area contributed by atoms with E-state index in [0.29, 0.717) is 36.5 Å². The standard InChI is InChI=1S/C26H43NO6/c1-14(4-7-20(29)27-13-21(30)31)16-5-6-17-22-18(9-11-25(16,17)2)26(3)10-8-15(28)12-19(26)23(32)24(22)33/h14-19,22-24,28,32-33H,4-13H2,1-3H3,(H,27,29)(H,30,31)/t14-,15-,16-,17+,18+,19+,22+,23-,24+,25-,26-/m1/s1. The molecule has 0 unspecified atom stereocenters. The Morgan fingerprint density at radius 2 is 1.61 bits per heavy atom. The molecule has 4 fully saturated rings.